The van der Waals surface area contributed by atoms with Crippen molar-refractivity contribution in [1.82, 2.24) is 15.0 Å². The van der Waals surface area contributed by atoms with Crippen LogP contribution in [0.25, 0.3) is 67.7 Å². The molecule has 0 atom stereocenters. The summed E-state index contributed by atoms with van der Waals surface area (Å²) in [5.74, 6) is 5.50. The summed E-state index contributed by atoms with van der Waals surface area (Å²) in [6, 6.07) is 37.5. The zero-order valence-corrected chi connectivity index (χ0v) is 41.1. The van der Waals surface area contributed by atoms with Gasteiger partial charge in [-0.25, -0.2) is 15.0 Å². The van der Waals surface area contributed by atoms with Gasteiger partial charge in [-0.05, 0) is 191 Å². The topological polar surface area (TPSA) is 214 Å². The minimum absolute atomic E-state index is 0.0264. The number of nitrogen functional groups attached to an aromatic ring is 1. The molecule has 380 valence electrons. The number of nitro benzene ring substituents is 2. The number of anilines is 3. The predicted octanol–water partition coefficient (Wildman–Crippen LogP) is 14.8. The number of hydrogen-bond acceptors (Lipinski definition) is 13. The van der Waals surface area contributed by atoms with Gasteiger partial charge in [0.15, 0.2) is 16.7 Å². The van der Waals surface area contributed by atoms with Crippen molar-refractivity contribution in [2.24, 2.45) is 35.5 Å². The highest BCUT2D eigenvalue weighted by Gasteiger charge is 2.52. The van der Waals surface area contributed by atoms with Crippen LogP contribution in [-0.2, 0) is 0 Å². The van der Waals surface area contributed by atoms with Gasteiger partial charge < -0.3 is 29.6 Å². The van der Waals surface area contributed by atoms with Crippen LogP contribution in [0.2, 0.25) is 0 Å². The Hall–Kier alpha value is -8.14. The van der Waals surface area contributed by atoms with Gasteiger partial charge in [0.05, 0.1) is 21.2 Å². The van der Waals surface area contributed by atoms with Gasteiger partial charge in [-0.3, -0.25) is 20.2 Å². The summed E-state index contributed by atoms with van der Waals surface area (Å²) in [7, 11) is 0. The lowest BCUT2D eigenvalue weighted by atomic mass is 9.53. The van der Waals surface area contributed by atoms with E-state index in [2.05, 4.69) is 37.7 Å². The number of nitrogens with zero attached hydrogens (tertiary/aromatic N) is 5. The van der Waals surface area contributed by atoms with Gasteiger partial charge in [-0.15, -0.1) is 0 Å². The second-order valence-electron chi connectivity index (χ2n) is 22.3. The summed E-state index contributed by atoms with van der Waals surface area (Å²) in [6.45, 7) is 0. The van der Waals surface area contributed by atoms with Crippen molar-refractivity contribution in [3.05, 3.63) is 153 Å². The molecule has 75 heavy (non-hydrogen) atoms. The van der Waals surface area contributed by atoms with Crippen molar-refractivity contribution >= 4 is 61.7 Å². The Morgan fingerprint density at radius 1 is 0.480 bits per heavy atom. The Kier molecular flexibility index (Phi) is 11.4. The Morgan fingerprint density at radius 2 is 0.827 bits per heavy atom. The first-order valence-electron chi connectivity index (χ1n) is 26.1. The minimum Gasteiger partial charge on any atom is -0.436 e. The molecular weight excluding hydrogens is 952 g/mol. The lowest BCUT2D eigenvalue weighted by Crippen LogP contribution is -2.54. The van der Waals surface area contributed by atoms with Crippen LogP contribution in [0.5, 0.6) is 0 Å². The molecule has 16 heteroatoms. The lowest BCUT2D eigenvalue weighted by Gasteiger charge is -2.57. The zero-order valence-electron chi connectivity index (χ0n) is 41.1. The molecule has 8 aliphatic carbocycles. The van der Waals surface area contributed by atoms with Crippen LogP contribution in [-0.4, -0.2) is 35.9 Å². The van der Waals surface area contributed by atoms with Gasteiger partial charge in [0.1, 0.15) is 22.2 Å². The number of oxazole rings is 3. The summed E-state index contributed by atoms with van der Waals surface area (Å²) in [4.78, 5) is 34.8. The molecule has 15 nitrogen and oxygen atoms in total. The molecular formula is C59H55FN8O7. The molecule has 8 aliphatic rings. The fraction of sp³-hybridized carbons (Fsp3) is 0.339. The van der Waals surface area contributed by atoms with E-state index in [1.807, 2.05) is 72.8 Å². The number of para-hydroxylation sites is 6. The third kappa shape index (κ3) is 9.09. The largest absolute Gasteiger partial charge is 0.436 e. The van der Waals surface area contributed by atoms with E-state index < -0.39 is 16.4 Å². The van der Waals surface area contributed by atoms with E-state index in [-0.39, 0.29) is 27.6 Å². The van der Waals surface area contributed by atoms with Gasteiger partial charge in [-0.1, -0.05) is 36.4 Å². The van der Waals surface area contributed by atoms with Crippen LogP contribution < -0.4 is 16.4 Å². The maximum atomic E-state index is 13.2. The van der Waals surface area contributed by atoms with Crippen LogP contribution >= 0.6 is 0 Å². The molecule has 0 spiro atoms. The van der Waals surface area contributed by atoms with Crippen LogP contribution in [0.1, 0.15) is 77.0 Å². The predicted molar refractivity (Wildman–Crippen MR) is 285 cm³/mol. The van der Waals surface area contributed by atoms with Crippen LogP contribution in [0.3, 0.4) is 0 Å². The molecule has 0 amide bonds. The van der Waals surface area contributed by atoms with E-state index in [1.165, 1.54) is 63.9 Å². The third-order valence-corrected chi connectivity index (χ3v) is 16.9. The Morgan fingerprint density at radius 3 is 1.21 bits per heavy atom. The van der Waals surface area contributed by atoms with Crippen molar-refractivity contribution < 1.29 is 27.5 Å². The number of halogens is 1. The molecule has 4 N–H and O–H groups in total. The first-order chi connectivity index (χ1) is 36.4. The van der Waals surface area contributed by atoms with Crippen LogP contribution in [0.15, 0.2) is 141 Å². The van der Waals surface area contributed by atoms with E-state index in [9.17, 15) is 24.6 Å². The maximum absolute atomic E-state index is 13.2. The Labute approximate surface area is 430 Å². The fourth-order valence-corrected chi connectivity index (χ4v) is 14.6. The molecule has 17 rings (SSSR count). The van der Waals surface area contributed by atoms with Crippen LogP contribution in [0, 0.1) is 61.6 Å². The molecule has 6 aromatic carbocycles. The summed E-state index contributed by atoms with van der Waals surface area (Å²) >= 11 is 0. The first-order valence-corrected chi connectivity index (χ1v) is 26.1. The van der Waals surface area contributed by atoms with Gasteiger partial charge in [0.2, 0.25) is 23.5 Å². The molecule has 0 aliphatic heterocycles. The standard InChI is InChI=1S/C23H23N3O3.C23H25N3O.C13H7FN2O3/c27-26(28)20-10-17(22-24-19-3-1-2-4-21(19)29-22)5-6-18(20)25-23-11-14-7-15(12-23)9-16(8-14)13-23;24-18-10-17(22-25-20-3-1-2-4-21(20)27-22)5-6-19(18)26-23-11-14-7-15(12-23)9-16(8-14)13-23;14-9-6-5-8(7-11(9)16(17)18)13-15-10-3-1-2-4-12(10)19-13/h1-6,10,14-16,25H,7-9,11-13H2;1-6,10,14-16,26H,7-9,11-13,24H2;1-7H. The van der Waals surface area contributed by atoms with Crippen molar-refractivity contribution in [3.8, 4) is 34.4 Å². The van der Waals surface area contributed by atoms with Gasteiger partial charge in [-0.2, -0.15) is 4.39 Å². The number of benzene rings is 6. The highest BCUT2D eigenvalue weighted by Crippen LogP contribution is 2.58. The number of rotatable bonds is 9. The van der Waals surface area contributed by atoms with Crippen LogP contribution in [0.4, 0.5) is 32.8 Å². The van der Waals surface area contributed by atoms with Crippen molar-refractivity contribution in [2.45, 2.75) is 88.1 Å². The summed E-state index contributed by atoms with van der Waals surface area (Å²) in [5, 5.41) is 30.1. The molecule has 0 unspecified atom stereocenters. The second kappa shape index (κ2) is 18.4. The highest BCUT2D eigenvalue weighted by molar-refractivity contribution is 5.80. The second-order valence-corrected chi connectivity index (χ2v) is 22.3. The highest BCUT2D eigenvalue weighted by atomic mass is 19.1. The lowest BCUT2D eigenvalue weighted by molar-refractivity contribution is -0.387. The Balaban J connectivity index is 0.000000111. The third-order valence-electron chi connectivity index (χ3n) is 16.9. The van der Waals surface area contributed by atoms with E-state index in [0.717, 1.165) is 100 Å². The quantitative estimate of drug-likeness (QED) is 0.0698. The molecule has 0 saturated heterocycles. The van der Waals surface area contributed by atoms with E-state index in [1.54, 1.807) is 24.3 Å². The number of fused-ring (bicyclic) bond motifs is 3. The number of nitrogens with one attached hydrogen (secondary N) is 2. The van der Waals surface area contributed by atoms with Gasteiger partial charge in [0, 0.05) is 39.9 Å². The molecule has 8 bridgehead atoms. The van der Waals surface area contributed by atoms with Crippen molar-refractivity contribution in [3.63, 3.8) is 0 Å². The summed E-state index contributed by atoms with van der Waals surface area (Å²) in [6.07, 6.45) is 15.8. The summed E-state index contributed by atoms with van der Waals surface area (Å²) < 4.78 is 30.4. The number of aromatic nitrogens is 3. The zero-order chi connectivity index (χ0) is 51.0. The maximum Gasteiger partial charge on any atom is 0.305 e. The Bertz CT molecular complexity index is 3510. The van der Waals surface area contributed by atoms with Gasteiger partial charge in [0.25, 0.3) is 5.69 Å². The number of nitrogens with two attached hydrogens (primary N) is 1. The van der Waals surface area contributed by atoms with E-state index >= 15 is 0 Å². The SMILES string of the molecule is Nc1cc(-c2nc3ccccc3o2)ccc1NC12CC3CC(CC(C3)C1)C2.O=[N+]([O-])c1cc(-c2nc3ccccc3o2)ccc1F.O=[N+]([O-])c1cc(-c2nc3ccccc3o2)ccc1NC12CC3CC(CC(C3)C1)C2. The van der Waals surface area contributed by atoms with E-state index in [0.29, 0.717) is 45.3 Å². The monoisotopic (exact) mass is 1010 g/mol. The average molecular weight is 1010 g/mol. The fourth-order valence-electron chi connectivity index (χ4n) is 14.6. The molecule has 3 heterocycles. The first kappa shape index (κ1) is 46.6. The smallest absolute Gasteiger partial charge is 0.305 e. The van der Waals surface area contributed by atoms with E-state index in [4.69, 9.17) is 19.0 Å². The van der Waals surface area contributed by atoms with Crippen molar-refractivity contribution in [2.75, 3.05) is 16.4 Å². The molecule has 8 fully saturated rings. The molecule has 3 aromatic heterocycles. The van der Waals surface area contributed by atoms with Gasteiger partial charge >= 0.3 is 5.69 Å². The minimum atomic E-state index is -0.884. The molecule has 8 saturated carbocycles. The normalized spacial score (nSPS) is 25.7. The average Bonchev–Trinajstić information content (AvgIpc) is 4.15. The molecule has 9 aromatic rings. The number of nitro groups is 2. The summed E-state index contributed by atoms with van der Waals surface area (Å²) in [5.41, 5.74) is 15.0. The number of hydrogen-bond donors (Lipinski definition) is 3. The molecule has 0 radical (unpaired) electrons. The van der Waals surface area contributed by atoms with Crippen molar-refractivity contribution in [1.29, 1.82) is 0 Å².